The number of nitrogens with one attached hydrogen (secondary N) is 1. The molecular weight excluding hydrogens is 194 g/mol. The second-order valence-corrected chi connectivity index (χ2v) is 3.03. The second kappa shape index (κ2) is 2.77. The molecule has 0 fully saturated rings. The fraction of sp³-hybridized carbons (Fsp3) is 0. The van der Waals surface area contributed by atoms with Gasteiger partial charge >= 0.3 is 0 Å². The molecule has 15 heavy (non-hydrogen) atoms. The summed E-state index contributed by atoms with van der Waals surface area (Å²) in [6, 6.07) is 1.77. The predicted molar refractivity (Wildman–Crippen MR) is 52.8 cm³/mol. The van der Waals surface area contributed by atoms with E-state index in [1.165, 1.54) is 0 Å². The Morgan fingerprint density at radius 2 is 2.27 bits per heavy atom. The number of aromatic nitrogens is 6. The van der Waals surface area contributed by atoms with Crippen molar-refractivity contribution >= 4 is 11.5 Å². The lowest BCUT2D eigenvalue weighted by atomic mass is 10.3. The van der Waals surface area contributed by atoms with Crippen LogP contribution in [-0.2, 0) is 0 Å². The van der Waals surface area contributed by atoms with Gasteiger partial charge in [-0.05, 0) is 0 Å². The SMILES string of the molecule is Nc1[nH]ncc1-c1nnc2ccncn12. The summed E-state index contributed by atoms with van der Waals surface area (Å²) in [5.41, 5.74) is 7.14. The van der Waals surface area contributed by atoms with E-state index in [9.17, 15) is 0 Å². The number of H-pyrrole nitrogens is 1. The molecule has 0 atom stereocenters. The highest BCUT2D eigenvalue weighted by molar-refractivity contribution is 5.69. The lowest BCUT2D eigenvalue weighted by molar-refractivity contribution is 1.08. The van der Waals surface area contributed by atoms with Gasteiger partial charge in [0, 0.05) is 12.3 Å². The van der Waals surface area contributed by atoms with E-state index in [0.717, 1.165) is 11.2 Å². The van der Waals surface area contributed by atoms with Crippen LogP contribution in [0.2, 0.25) is 0 Å². The zero-order valence-corrected chi connectivity index (χ0v) is 7.62. The van der Waals surface area contributed by atoms with Crippen molar-refractivity contribution in [2.45, 2.75) is 0 Å². The highest BCUT2D eigenvalue weighted by Crippen LogP contribution is 2.21. The van der Waals surface area contributed by atoms with Crippen LogP contribution < -0.4 is 5.73 Å². The summed E-state index contributed by atoms with van der Waals surface area (Å²) in [6.45, 7) is 0. The van der Waals surface area contributed by atoms with Crippen molar-refractivity contribution in [3.63, 3.8) is 0 Å². The van der Waals surface area contributed by atoms with Gasteiger partial charge < -0.3 is 5.73 Å². The van der Waals surface area contributed by atoms with Crippen molar-refractivity contribution < 1.29 is 0 Å². The van der Waals surface area contributed by atoms with Crippen molar-refractivity contribution in [2.24, 2.45) is 0 Å². The van der Waals surface area contributed by atoms with Gasteiger partial charge in [0.1, 0.15) is 12.1 Å². The molecule has 3 heterocycles. The van der Waals surface area contributed by atoms with Crippen LogP contribution in [0.3, 0.4) is 0 Å². The molecule has 7 heteroatoms. The fourth-order valence-electron chi connectivity index (χ4n) is 1.40. The maximum atomic E-state index is 5.70. The Morgan fingerprint density at radius 3 is 3.07 bits per heavy atom. The molecule has 74 valence electrons. The molecule has 0 saturated heterocycles. The molecule has 0 spiro atoms. The molecule has 0 aliphatic carbocycles. The number of fused-ring (bicyclic) bond motifs is 1. The molecule has 0 aliphatic heterocycles. The first-order valence-corrected chi connectivity index (χ1v) is 4.30. The molecule has 0 aliphatic rings. The Bertz CT molecular complexity index is 608. The van der Waals surface area contributed by atoms with Crippen molar-refractivity contribution in [2.75, 3.05) is 5.73 Å². The summed E-state index contributed by atoms with van der Waals surface area (Å²) in [4.78, 5) is 4.00. The zero-order valence-electron chi connectivity index (χ0n) is 7.62. The largest absolute Gasteiger partial charge is 0.383 e. The molecule has 0 unspecified atom stereocenters. The van der Waals surface area contributed by atoms with E-state index >= 15 is 0 Å². The first kappa shape index (κ1) is 7.92. The topological polar surface area (TPSA) is 97.8 Å². The number of nitrogens with two attached hydrogens (primary N) is 1. The van der Waals surface area contributed by atoms with E-state index in [2.05, 4.69) is 25.4 Å². The minimum atomic E-state index is 0.466. The maximum Gasteiger partial charge on any atom is 0.174 e. The Kier molecular flexibility index (Phi) is 1.46. The maximum absolute atomic E-state index is 5.70. The van der Waals surface area contributed by atoms with Crippen molar-refractivity contribution in [3.8, 4) is 11.4 Å². The van der Waals surface area contributed by atoms with Gasteiger partial charge in [-0.3, -0.25) is 9.50 Å². The Morgan fingerprint density at radius 1 is 1.33 bits per heavy atom. The van der Waals surface area contributed by atoms with Crippen molar-refractivity contribution in [3.05, 3.63) is 24.8 Å². The van der Waals surface area contributed by atoms with Gasteiger partial charge in [-0.1, -0.05) is 0 Å². The van der Waals surface area contributed by atoms with Gasteiger partial charge in [-0.25, -0.2) is 4.98 Å². The predicted octanol–water partition coefficient (Wildman–Crippen LogP) is 0.0966. The molecule has 0 radical (unpaired) electrons. The van der Waals surface area contributed by atoms with Crippen LogP contribution in [0.1, 0.15) is 0 Å². The Hall–Kier alpha value is -2.44. The van der Waals surface area contributed by atoms with E-state index in [-0.39, 0.29) is 0 Å². The second-order valence-electron chi connectivity index (χ2n) is 3.03. The molecular formula is C8H7N7. The Balaban J connectivity index is 2.32. The number of hydrogen-bond donors (Lipinski definition) is 2. The van der Waals surface area contributed by atoms with Crippen LogP contribution in [0.4, 0.5) is 5.82 Å². The number of anilines is 1. The summed E-state index contributed by atoms with van der Waals surface area (Å²) in [5.74, 6) is 1.09. The van der Waals surface area contributed by atoms with Gasteiger partial charge in [0.05, 0.1) is 11.8 Å². The summed E-state index contributed by atoms with van der Waals surface area (Å²) < 4.78 is 1.75. The van der Waals surface area contributed by atoms with E-state index in [1.54, 1.807) is 29.2 Å². The third-order valence-corrected chi connectivity index (χ3v) is 2.12. The van der Waals surface area contributed by atoms with Crippen LogP contribution in [0.5, 0.6) is 0 Å². The van der Waals surface area contributed by atoms with Crippen LogP contribution in [0, 0.1) is 0 Å². The number of rotatable bonds is 1. The highest BCUT2D eigenvalue weighted by Gasteiger charge is 2.11. The summed E-state index contributed by atoms with van der Waals surface area (Å²) in [5, 5.41) is 14.5. The standard InChI is InChI=1S/C8H7N7/c9-7-5(3-11-13-7)8-14-12-6-1-2-10-4-15(6)8/h1-4H,(H3,9,11,13). The van der Waals surface area contributed by atoms with Crippen LogP contribution >= 0.6 is 0 Å². The van der Waals surface area contributed by atoms with Crippen molar-refractivity contribution in [1.82, 2.24) is 29.8 Å². The number of nitrogens with zero attached hydrogens (tertiary/aromatic N) is 5. The molecule has 0 bridgehead atoms. The third kappa shape index (κ3) is 1.06. The van der Waals surface area contributed by atoms with Gasteiger partial charge in [-0.15, -0.1) is 10.2 Å². The van der Waals surface area contributed by atoms with Gasteiger partial charge in [0.15, 0.2) is 11.5 Å². The molecule has 0 amide bonds. The van der Waals surface area contributed by atoms with E-state index in [1.807, 2.05) is 0 Å². The summed E-state index contributed by atoms with van der Waals surface area (Å²) in [7, 11) is 0. The Labute approximate surface area is 84.0 Å². The molecule has 0 aromatic carbocycles. The number of aromatic amines is 1. The molecule has 3 aromatic rings. The summed E-state index contributed by atoms with van der Waals surface area (Å²) >= 11 is 0. The van der Waals surface area contributed by atoms with Gasteiger partial charge in [0.2, 0.25) is 0 Å². The highest BCUT2D eigenvalue weighted by atomic mass is 15.3. The minimum absolute atomic E-state index is 0.466. The number of nitrogen functional groups attached to an aromatic ring is 1. The average molecular weight is 201 g/mol. The molecule has 7 nitrogen and oxygen atoms in total. The van der Waals surface area contributed by atoms with Crippen LogP contribution in [0.25, 0.3) is 17.0 Å². The minimum Gasteiger partial charge on any atom is -0.383 e. The quantitative estimate of drug-likeness (QED) is 0.581. The average Bonchev–Trinajstić information content (AvgIpc) is 2.83. The van der Waals surface area contributed by atoms with Gasteiger partial charge in [0.25, 0.3) is 0 Å². The lowest BCUT2D eigenvalue weighted by Crippen LogP contribution is -1.93. The van der Waals surface area contributed by atoms with Crippen molar-refractivity contribution in [1.29, 1.82) is 0 Å². The normalized spacial score (nSPS) is 10.9. The monoisotopic (exact) mass is 201 g/mol. The van der Waals surface area contributed by atoms with E-state index in [0.29, 0.717) is 11.6 Å². The number of hydrogen-bond acceptors (Lipinski definition) is 5. The third-order valence-electron chi connectivity index (χ3n) is 2.12. The fourth-order valence-corrected chi connectivity index (χ4v) is 1.40. The molecule has 3 aromatic heterocycles. The molecule has 3 N–H and O–H groups in total. The smallest absolute Gasteiger partial charge is 0.174 e. The van der Waals surface area contributed by atoms with E-state index in [4.69, 9.17) is 5.73 Å². The zero-order chi connectivity index (χ0) is 10.3. The first-order chi connectivity index (χ1) is 7.36. The van der Waals surface area contributed by atoms with E-state index < -0.39 is 0 Å². The van der Waals surface area contributed by atoms with Gasteiger partial charge in [-0.2, -0.15) is 5.10 Å². The van der Waals surface area contributed by atoms with Crippen LogP contribution in [0.15, 0.2) is 24.8 Å². The first-order valence-electron chi connectivity index (χ1n) is 4.30. The molecule has 3 rings (SSSR count). The molecule has 0 saturated carbocycles. The summed E-state index contributed by atoms with van der Waals surface area (Å²) in [6.07, 6.45) is 4.91. The lowest BCUT2D eigenvalue weighted by Gasteiger charge is -1.95. The van der Waals surface area contributed by atoms with Crippen LogP contribution in [-0.4, -0.2) is 29.8 Å².